The highest BCUT2D eigenvalue weighted by molar-refractivity contribution is 7.89. The van der Waals surface area contributed by atoms with Gasteiger partial charge >= 0.3 is 0 Å². The quantitative estimate of drug-likeness (QED) is 0.763. The predicted octanol–water partition coefficient (Wildman–Crippen LogP) is -0.274. The molecule has 2 atom stereocenters. The minimum absolute atomic E-state index is 0.0743. The van der Waals surface area contributed by atoms with E-state index in [4.69, 9.17) is 9.47 Å². The molecule has 128 valence electrons. The van der Waals surface area contributed by atoms with Crippen LogP contribution in [-0.4, -0.2) is 69.8 Å². The van der Waals surface area contributed by atoms with Gasteiger partial charge in [-0.05, 0) is 12.1 Å². The van der Waals surface area contributed by atoms with Gasteiger partial charge in [0, 0.05) is 26.2 Å². The van der Waals surface area contributed by atoms with Crippen LogP contribution in [-0.2, 0) is 14.8 Å². The van der Waals surface area contributed by atoms with Gasteiger partial charge in [0.15, 0.2) is 0 Å². The van der Waals surface area contributed by atoms with E-state index in [9.17, 15) is 13.2 Å². The molecule has 8 nitrogen and oxygen atoms in total. The summed E-state index contributed by atoms with van der Waals surface area (Å²) in [4.78, 5) is 16.4. The van der Waals surface area contributed by atoms with Crippen LogP contribution >= 0.6 is 0 Å². The number of hydrogen-bond donors (Lipinski definition) is 1. The lowest BCUT2D eigenvalue weighted by Crippen LogP contribution is -2.43. The van der Waals surface area contributed by atoms with Crippen molar-refractivity contribution >= 4 is 15.9 Å². The topological polar surface area (TPSA) is 97.8 Å². The molecule has 0 bridgehead atoms. The Labute approximate surface area is 135 Å². The van der Waals surface area contributed by atoms with E-state index < -0.39 is 10.0 Å². The van der Waals surface area contributed by atoms with Crippen LogP contribution in [0.1, 0.15) is 10.4 Å². The van der Waals surface area contributed by atoms with Crippen molar-refractivity contribution < 1.29 is 22.7 Å². The van der Waals surface area contributed by atoms with Gasteiger partial charge in [-0.1, -0.05) is 0 Å². The normalized spacial score (nSPS) is 21.4. The summed E-state index contributed by atoms with van der Waals surface area (Å²) < 4.78 is 35.6. The molecule has 1 N–H and O–H groups in total. The first-order valence-corrected chi connectivity index (χ1v) is 8.74. The predicted molar refractivity (Wildman–Crippen MR) is 83.8 cm³/mol. The van der Waals surface area contributed by atoms with E-state index in [0.717, 1.165) is 0 Å². The fourth-order valence-corrected chi connectivity index (χ4v) is 3.48. The molecule has 9 heteroatoms. The molecule has 0 spiro atoms. The molecule has 1 aliphatic heterocycles. The molecule has 0 radical (unpaired) electrons. The molecule has 0 unspecified atom stereocenters. The Morgan fingerprint density at radius 2 is 2.22 bits per heavy atom. The SMILES string of the molecule is COc1ncccc1C(=O)N[C@@H]1COC[C@H]1CS(=O)(=O)N(C)C. The summed E-state index contributed by atoms with van der Waals surface area (Å²) in [6, 6.07) is 2.86. The van der Waals surface area contributed by atoms with Gasteiger partial charge in [-0.3, -0.25) is 4.79 Å². The second-order valence-corrected chi connectivity index (χ2v) is 7.73. The molecule has 1 fully saturated rings. The smallest absolute Gasteiger partial charge is 0.257 e. The Bertz CT molecular complexity index is 662. The van der Waals surface area contributed by atoms with Crippen molar-refractivity contribution in [3.8, 4) is 5.88 Å². The third-order valence-corrected chi connectivity index (χ3v) is 5.67. The Morgan fingerprint density at radius 1 is 1.48 bits per heavy atom. The van der Waals surface area contributed by atoms with Crippen LogP contribution in [0.25, 0.3) is 0 Å². The maximum absolute atomic E-state index is 12.4. The molecular weight excluding hydrogens is 322 g/mol. The van der Waals surface area contributed by atoms with Gasteiger partial charge in [-0.25, -0.2) is 17.7 Å². The minimum Gasteiger partial charge on any atom is -0.480 e. The number of methoxy groups -OCH3 is 1. The molecule has 2 heterocycles. The lowest BCUT2D eigenvalue weighted by molar-refractivity contribution is 0.0922. The van der Waals surface area contributed by atoms with E-state index in [1.54, 1.807) is 12.1 Å². The molecule has 23 heavy (non-hydrogen) atoms. The lowest BCUT2D eigenvalue weighted by atomic mass is 10.1. The van der Waals surface area contributed by atoms with E-state index in [1.807, 2.05) is 0 Å². The van der Waals surface area contributed by atoms with Crippen molar-refractivity contribution in [2.24, 2.45) is 5.92 Å². The average Bonchev–Trinajstić information content (AvgIpc) is 2.93. The van der Waals surface area contributed by atoms with Gasteiger partial charge in [0.25, 0.3) is 5.91 Å². The third kappa shape index (κ3) is 4.18. The van der Waals surface area contributed by atoms with Crippen LogP contribution in [0, 0.1) is 5.92 Å². The number of nitrogens with one attached hydrogen (secondary N) is 1. The zero-order chi connectivity index (χ0) is 17.0. The van der Waals surface area contributed by atoms with Crippen molar-refractivity contribution in [3.63, 3.8) is 0 Å². The Balaban J connectivity index is 2.08. The first kappa shape index (κ1) is 17.6. The molecular formula is C14H21N3O5S. The van der Waals surface area contributed by atoms with Crippen LogP contribution in [0.3, 0.4) is 0 Å². The summed E-state index contributed by atoms with van der Waals surface area (Å²) in [5, 5.41) is 2.81. The van der Waals surface area contributed by atoms with Crippen molar-refractivity contribution in [1.29, 1.82) is 0 Å². The van der Waals surface area contributed by atoms with E-state index in [0.29, 0.717) is 12.2 Å². The van der Waals surface area contributed by atoms with Crippen molar-refractivity contribution in [1.82, 2.24) is 14.6 Å². The van der Waals surface area contributed by atoms with Crippen LogP contribution < -0.4 is 10.1 Å². The van der Waals surface area contributed by atoms with Crippen molar-refractivity contribution in [2.45, 2.75) is 6.04 Å². The second-order valence-electron chi connectivity index (χ2n) is 5.50. The van der Waals surface area contributed by atoms with Gasteiger partial charge in [0.2, 0.25) is 15.9 Å². The molecule has 1 aromatic rings. The number of hydrogen-bond acceptors (Lipinski definition) is 6. The van der Waals surface area contributed by atoms with Gasteiger partial charge in [-0.15, -0.1) is 0 Å². The number of sulfonamides is 1. The Morgan fingerprint density at radius 3 is 2.87 bits per heavy atom. The van der Waals surface area contributed by atoms with Crippen LogP contribution in [0.4, 0.5) is 0 Å². The minimum atomic E-state index is -3.36. The maximum atomic E-state index is 12.4. The molecule has 2 rings (SSSR count). The summed E-state index contributed by atoms with van der Waals surface area (Å²) in [7, 11) is 1.04. The number of aromatic nitrogens is 1. The fraction of sp³-hybridized carbons (Fsp3) is 0.571. The lowest BCUT2D eigenvalue weighted by Gasteiger charge is -2.21. The molecule has 1 amide bonds. The summed E-state index contributed by atoms with van der Waals surface area (Å²) >= 11 is 0. The van der Waals surface area contributed by atoms with Gasteiger partial charge in [-0.2, -0.15) is 0 Å². The largest absolute Gasteiger partial charge is 0.480 e. The summed E-state index contributed by atoms with van der Waals surface area (Å²) in [6.07, 6.45) is 1.53. The van der Waals surface area contributed by atoms with Gasteiger partial charge < -0.3 is 14.8 Å². The second kappa shape index (κ2) is 7.24. The zero-order valence-corrected chi connectivity index (χ0v) is 14.2. The molecule has 0 aromatic carbocycles. The summed E-state index contributed by atoms with van der Waals surface area (Å²) in [5.74, 6) is -0.511. The van der Waals surface area contributed by atoms with Gasteiger partial charge in [0.05, 0.1) is 32.1 Å². The zero-order valence-electron chi connectivity index (χ0n) is 13.4. The number of carbonyl (C=O) groups is 1. The molecule has 0 saturated carbocycles. The monoisotopic (exact) mass is 343 g/mol. The van der Waals surface area contributed by atoms with E-state index in [-0.39, 0.29) is 36.1 Å². The highest BCUT2D eigenvalue weighted by Crippen LogP contribution is 2.19. The standard InChI is InChI=1S/C14H21N3O5S/c1-17(2)23(19,20)9-10-7-22-8-12(10)16-13(18)11-5-4-6-15-14(11)21-3/h4-6,10,12H,7-9H2,1-3H3,(H,16,18)/t10-,12+/m0/s1. The summed E-state index contributed by atoms with van der Waals surface area (Å²) in [6.45, 7) is 0.574. The number of nitrogens with zero attached hydrogens (tertiary/aromatic N) is 2. The summed E-state index contributed by atoms with van der Waals surface area (Å²) in [5.41, 5.74) is 0.302. The Hall–Kier alpha value is -1.71. The number of rotatable bonds is 6. The van der Waals surface area contributed by atoms with Crippen LogP contribution in [0.15, 0.2) is 18.3 Å². The first-order valence-electron chi connectivity index (χ1n) is 7.13. The maximum Gasteiger partial charge on any atom is 0.257 e. The molecule has 1 aromatic heterocycles. The molecule has 0 aliphatic carbocycles. The third-order valence-electron chi connectivity index (χ3n) is 3.71. The average molecular weight is 343 g/mol. The first-order chi connectivity index (χ1) is 10.8. The van der Waals surface area contributed by atoms with Crippen LogP contribution in [0.2, 0.25) is 0 Å². The highest BCUT2D eigenvalue weighted by Gasteiger charge is 2.34. The van der Waals surface area contributed by atoms with Gasteiger partial charge in [0.1, 0.15) is 5.56 Å². The Kier molecular flexibility index (Phi) is 5.55. The van der Waals surface area contributed by atoms with Crippen LogP contribution in [0.5, 0.6) is 5.88 Å². The van der Waals surface area contributed by atoms with Crippen molar-refractivity contribution in [2.75, 3.05) is 40.2 Å². The van der Waals surface area contributed by atoms with E-state index >= 15 is 0 Å². The van der Waals surface area contributed by atoms with E-state index in [2.05, 4.69) is 10.3 Å². The van der Waals surface area contributed by atoms with E-state index in [1.165, 1.54) is 31.7 Å². The molecule has 1 aliphatic rings. The van der Waals surface area contributed by atoms with Crippen molar-refractivity contribution in [3.05, 3.63) is 23.9 Å². The number of ether oxygens (including phenoxy) is 2. The fourth-order valence-electron chi connectivity index (χ4n) is 2.31. The molecule has 1 saturated heterocycles. The number of amides is 1. The number of pyridine rings is 1. The highest BCUT2D eigenvalue weighted by atomic mass is 32.2. The number of carbonyl (C=O) groups excluding carboxylic acids is 1.